The first-order valence-electron chi connectivity index (χ1n) is 5.37. The number of hydrogen-bond acceptors (Lipinski definition) is 3. The van der Waals surface area contributed by atoms with E-state index in [2.05, 4.69) is 28.9 Å². The molecular weight excluding hydrogens is 210 g/mol. The molecule has 1 unspecified atom stereocenters. The molecule has 0 N–H and O–H groups in total. The minimum Gasteiger partial charge on any atom is -0.352 e. The highest BCUT2D eigenvalue weighted by Crippen LogP contribution is 2.29. The van der Waals surface area contributed by atoms with E-state index in [1.165, 1.54) is 12.8 Å². The third-order valence-corrected chi connectivity index (χ3v) is 3.62. The van der Waals surface area contributed by atoms with E-state index in [1.54, 1.807) is 0 Å². The van der Waals surface area contributed by atoms with Crippen LogP contribution in [0.15, 0.2) is 0 Å². The third kappa shape index (κ3) is 1.81. The first-order valence-corrected chi connectivity index (χ1v) is 5.75. The first kappa shape index (κ1) is 10.7. The van der Waals surface area contributed by atoms with Crippen LogP contribution in [0.5, 0.6) is 0 Å². The van der Waals surface area contributed by atoms with Gasteiger partial charge in [0.05, 0.1) is 0 Å². The van der Waals surface area contributed by atoms with Crippen LogP contribution in [0.2, 0.25) is 5.15 Å². The molecule has 4 heteroatoms. The van der Waals surface area contributed by atoms with Gasteiger partial charge >= 0.3 is 0 Å². The fraction of sp³-hybridized carbons (Fsp3) is 0.636. The molecule has 82 valence electrons. The van der Waals surface area contributed by atoms with Crippen LogP contribution in [-0.2, 0) is 0 Å². The van der Waals surface area contributed by atoms with Crippen molar-refractivity contribution in [3.63, 3.8) is 0 Å². The molecule has 0 amide bonds. The van der Waals surface area contributed by atoms with Crippen molar-refractivity contribution in [2.45, 2.75) is 39.7 Å². The van der Waals surface area contributed by atoms with Crippen LogP contribution in [0.4, 0.5) is 5.82 Å². The van der Waals surface area contributed by atoms with E-state index in [4.69, 9.17) is 11.6 Å². The van der Waals surface area contributed by atoms with Crippen LogP contribution in [0.1, 0.15) is 30.9 Å². The lowest BCUT2D eigenvalue weighted by atomic mass is 10.2. The molecule has 1 aliphatic heterocycles. The summed E-state index contributed by atoms with van der Waals surface area (Å²) in [6, 6.07) is 0.568. The second-order valence-electron chi connectivity index (χ2n) is 4.25. The number of hydrogen-bond donors (Lipinski definition) is 0. The fourth-order valence-electron chi connectivity index (χ4n) is 2.08. The molecule has 1 atom stereocenters. The Balaban J connectivity index is 2.40. The maximum absolute atomic E-state index is 5.94. The molecule has 2 heterocycles. The Labute approximate surface area is 95.5 Å². The third-order valence-electron chi connectivity index (χ3n) is 3.26. The molecule has 1 aromatic rings. The van der Waals surface area contributed by atoms with Crippen molar-refractivity contribution in [2.75, 3.05) is 11.4 Å². The smallest absolute Gasteiger partial charge is 0.155 e. The zero-order valence-electron chi connectivity index (χ0n) is 9.42. The number of aromatic nitrogens is 2. The van der Waals surface area contributed by atoms with Gasteiger partial charge in [0, 0.05) is 12.6 Å². The van der Waals surface area contributed by atoms with Gasteiger partial charge in [-0.1, -0.05) is 11.6 Å². The van der Waals surface area contributed by atoms with Crippen LogP contribution >= 0.6 is 11.6 Å². The highest BCUT2D eigenvalue weighted by Gasteiger charge is 2.24. The molecule has 0 spiro atoms. The van der Waals surface area contributed by atoms with E-state index in [-0.39, 0.29) is 0 Å². The summed E-state index contributed by atoms with van der Waals surface area (Å²) < 4.78 is 0. The second kappa shape index (κ2) is 3.97. The Morgan fingerprint density at radius 3 is 2.60 bits per heavy atom. The average molecular weight is 226 g/mol. The normalized spacial score (nSPS) is 21.1. The summed E-state index contributed by atoms with van der Waals surface area (Å²) in [4.78, 5) is 2.33. The molecule has 0 saturated carbocycles. The molecule has 3 nitrogen and oxygen atoms in total. The molecule has 1 aromatic heterocycles. The number of nitrogens with zero attached hydrogens (tertiary/aromatic N) is 3. The Hall–Kier alpha value is -0.830. The average Bonchev–Trinajstić information content (AvgIpc) is 2.62. The highest BCUT2D eigenvalue weighted by molar-refractivity contribution is 6.30. The Morgan fingerprint density at radius 1 is 1.27 bits per heavy atom. The highest BCUT2D eigenvalue weighted by atomic mass is 35.5. The Kier molecular flexibility index (Phi) is 2.83. The van der Waals surface area contributed by atoms with Gasteiger partial charge in [0.1, 0.15) is 0 Å². The summed E-state index contributed by atoms with van der Waals surface area (Å²) >= 11 is 5.94. The molecule has 2 rings (SSSR count). The van der Waals surface area contributed by atoms with Gasteiger partial charge in [0.25, 0.3) is 0 Å². The van der Waals surface area contributed by atoms with Crippen LogP contribution < -0.4 is 4.90 Å². The SMILES string of the molecule is Cc1c(Cl)nnc(N2CCCC2C)c1C. The van der Waals surface area contributed by atoms with E-state index in [0.29, 0.717) is 11.2 Å². The molecule has 1 aliphatic rings. The summed E-state index contributed by atoms with van der Waals surface area (Å²) in [5.41, 5.74) is 2.20. The van der Waals surface area contributed by atoms with Crippen molar-refractivity contribution in [3.05, 3.63) is 16.3 Å². The van der Waals surface area contributed by atoms with Gasteiger partial charge in [-0.3, -0.25) is 0 Å². The number of halogens is 1. The van der Waals surface area contributed by atoms with Crippen LogP contribution in [-0.4, -0.2) is 22.8 Å². The zero-order valence-corrected chi connectivity index (χ0v) is 10.2. The van der Waals surface area contributed by atoms with E-state index in [0.717, 1.165) is 23.5 Å². The lowest BCUT2D eigenvalue weighted by Gasteiger charge is -2.24. The predicted molar refractivity (Wildman–Crippen MR) is 62.6 cm³/mol. The van der Waals surface area contributed by atoms with Gasteiger partial charge < -0.3 is 4.90 Å². The molecule has 0 aromatic carbocycles. The number of rotatable bonds is 1. The molecule has 0 aliphatic carbocycles. The topological polar surface area (TPSA) is 29.0 Å². The van der Waals surface area contributed by atoms with Crippen molar-refractivity contribution in [2.24, 2.45) is 0 Å². The van der Waals surface area contributed by atoms with Gasteiger partial charge in [-0.05, 0) is 44.7 Å². The fourth-order valence-corrected chi connectivity index (χ4v) is 2.26. The van der Waals surface area contributed by atoms with Crippen LogP contribution in [0, 0.1) is 13.8 Å². The van der Waals surface area contributed by atoms with Crippen molar-refractivity contribution in [1.29, 1.82) is 0 Å². The van der Waals surface area contributed by atoms with E-state index in [1.807, 2.05) is 6.92 Å². The maximum Gasteiger partial charge on any atom is 0.155 e. The largest absolute Gasteiger partial charge is 0.352 e. The number of anilines is 1. The summed E-state index contributed by atoms with van der Waals surface area (Å²) in [5, 5.41) is 8.72. The van der Waals surface area contributed by atoms with Crippen LogP contribution in [0.25, 0.3) is 0 Å². The standard InChI is InChI=1S/C11H16ClN3/c1-7-5-4-6-15(7)11-9(3)8(2)10(12)13-14-11/h7H,4-6H2,1-3H3. The minimum atomic E-state index is 0.517. The van der Waals surface area contributed by atoms with Crippen molar-refractivity contribution < 1.29 is 0 Å². The van der Waals surface area contributed by atoms with Gasteiger partial charge in [0.2, 0.25) is 0 Å². The quantitative estimate of drug-likeness (QED) is 0.736. The monoisotopic (exact) mass is 225 g/mol. The lowest BCUT2D eigenvalue weighted by Crippen LogP contribution is -2.28. The molecule has 1 saturated heterocycles. The lowest BCUT2D eigenvalue weighted by molar-refractivity contribution is 0.717. The molecular formula is C11H16ClN3. The Bertz CT molecular complexity index is 378. The van der Waals surface area contributed by atoms with Crippen molar-refractivity contribution in [3.8, 4) is 0 Å². The van der Waals surface area contributed by atoms with E-state index in [9.17, 15) is 0 Å². The molecule has 0 bridgehead atoms. The van der Waals surface area contributed by atoms with Crippen LogP contribution in [0.3, 0.4) is 0 Å². The minimum absolute atomic E-state index is 0.517. The van der Waals surface area contributed by atoms with Gasteiger partial charge in [-0.25, -0.2) is 0 Å². The molecule has 15 heavy (non-hydrogen) atoms. The summed E-state index contributed by atoms with van der Waals surface area (Å²) in [7, 11) is 0. The summed E-state index contributed by atoms with van der Waals surface area (Å²) in [6.07, 6.45) is 2.48. The van der Waals surface area contributed by atoms with Gasteiger partial charge in [0.15, 0.2) is 11.0 Å². The molecule has 1 fully saturated rings. The van der Waals surface area contributed by atoms with Gasteiger partial charge in [-0.15, -0.1) is 10.2 Å². The Morgan fingerprint density at radius 2 is 2.00 bits per heavy atom. The zero-order chi connectivity index (χ0) is 11.0. The summed E-state index contributed by atoms with van der Waals surface area (Å²) in [6.45, 7) is 7.38. The van der Waals surface area contributed by atoms with Crippen molar-refractivity contribution in [1.82, 2.24) is 10.2 Å². The maximum atomic E-state index is 5.94. The molecule has 0 radical (unpaired) electrons. The van der Waals surface area contributed by atoms with E-state index < -0.39 is 0 Å². The van der Waals surface area contributed by atoms with Gasteiger partial charge in [-0.2, -0.15) is 0 Å². The second-order valence-corrected chi connectivity index (χ2v) is 4.61. The first-order chi connectivity index (χ1) is 7.11. The van der Waals surface area contributed by atoms with Crippen molar-refractivity contribution >= 4 is 17.4 Å². The van der Waals surface area contributed by atoms with E-state index >= 15 is 0 Å². The summed E-state index contributed by atoms with van der Waals surface area (Å²) in [5.74, 6) is 1.00. The predicted octanol–water partition coefficient (Wildman–Crippen LogP) is 2.74.